The van der Waals surface area contributed by atoms with Crippen LogP contribution in [-0.2, 0) is 0 Å². The number of hydrogen-bond acceptors (Lipinski definition) is 2. The molecule has 0 unspecified atom stereocenters. The molecule has 27 heavy (non-hydrogen) atoms. The Morgan fingerprint density at radius 3 is 2.52 bits per heavy atom. The number of amides is 1. The zero-order valence-corrected chi connectivity index (χ0v) is 16.0. The van der Waals surface area contributed by atoms with Gasteiger partial charge in [-0.05, 0) is 54.6 Å². The van der Waals surface area contributed by atoms with E-state index in [1.54, 1.807) is 60.7 Å². The van der Waals surface area contributed by atoms with Gasteiger partial charge in [0.15, 0.2) is 0 Å². The lowest BCUT2D eigenvalue weighted by Crippen LogP contribution is -2.11. The number of hydrogen-bond donors (Lipinski definition) is 2. The molecule has 0 fully saturated rings. The van der Waals surface area contributed by atoms with E-state index in [9.17, 15) is 4.79 Å². The zero-order valence-electron chi connectivity index (χ0n) is 13.8. The molecule has 1 aromatic heterocycles. The minimum Gasteiger partial charge on any atom is -0.338 e. The Hall–Kier alpha value is -2.53. The Morgan fingerprint density at radius 2 is 1.74 bits per heavy atom. The van der Waals surface area contributed by atoms with Crippen molar-refractivity contribution in [3.63, 3.8) is 0 Å². The predicted octanol–water partition coefficient (Wildman–Crippen LogP) is 6.44. The number of aromatic amines is 1. The number of rotatable bonds is 3. The summed E-state index contributed by atoms with van der Waals surface area (Å²) in [5, 5.41) is 4.44. The molecule has 4 rings (SSSR count). The summed E-state index contributed by atoms with van der Waals surface area (Å²) in [6, 6.07) is 17.5. The molecule has 2 N–H and O–H groups in total. The van der Waals surface area contributed by atoms with E-state index in [0.29, 0.717) is 32.1 Å². The van der Waals surface area contributed by atoms with Crippen LogP contribution in [0.25, 0.3) is 22.4 Å². The lowest BCUT2D eigenvalue weighted by atomic mass is 10.2. The summed E-state index contributed by atoms with van der Waals surface area (Å²) in [4.78, 5) is 20.3. The normalized spacial score (nSPS) is 10.9. The lowest BCUT2D eigenvalue weighted by Gasteiger charge is -2.05. The van der Waals surface area contributed by atoms with Crippen LogP contribution in [0.3, 0.4) is 0 Å². The Balaban J connectivity index is 1.65. The molecule has 134 valence electrons. The quantitative estimate of drug-likeness (QED) is 0.403. The number of halogens is 3. The third-order valence-electron chi connectivity index (χ3n) is 4.01. The van der Waals surface area contributed by atoms with Crippen molar-refractivity contribution < 1.29 is 4.79 Å². The average molecular weight is 417 g/mol. The number of imidazole rings is 1. The van der Waals surface area contributed by atoms with E-state index in [0.717, 1.165) is 16.6 Å². The molecule has 0 radical (unpaired) electrons. The summed E-state index contributed by atoms with van der Waals surface area (Å²) in [5.74, 6) is 0.374. The molecule has 0 atom stereocenters. The largest absolute Gasteiger partial charge is 0.338 e. The van der Waals surface area contributed by atoms with Crippen molar-refractivity contribution in [3.05, 3.63) is 81.3 Å². The highest BCUT2D eigenvalue weighted by Crippen LogP contribution is 2.30. The van der Waals surface area contributed by atoms with E-state index in [2.05, 4.69) is 15.3 Å². The van der Waals surface area contributed by atoms with Gasteiger partial charge in [-0.3, -0.25) is 4.79 Å². The van der Waals surface area contributed by atoms with Gasteiger partial charge in [0.05, 0.1) is 16.1 Å². The van der Waals surface area contributed by atoms with Gasteiger partial charge in [0.1, 0.15) is 5.82 Å². The first-order valence-corrected chi connectivity index (χ1v) is 9.15. The molecule has 1 amide bonds. The number of nitrogens with one attached hydrogen (secondary N) is 2. The molecule has 4 nitrogen and oxygen atoms in total. The summed E-state index contributed by atoms with van der Waals surface area (Å²) in [6.07, 6.45) is 0. The summed E-state index contributed by atoms with van der Waals surface area (Å²) in [5.41, 5.74) is 3.33. The van der Waals surface area contributed by atoms with Gasteiger partial charge in [-0.1, -0.05) is 40.9 Å². The molecule has 0 spiro atoms. The molecule has 0 aliphatic heterocycles. The third-order valence-corrected chi connectivity index (χ3v) is 4.80. The zero-order chi connectivity index (χ0) is 19.0. The van der Waals surface area contributed by atoms with Crippen molar-refractivity contribution >= 4 is 57.4 Å². The van der Waals surface area contributed by atoms with E-state index in [-0.39, 0.29) is 5.91 Å². The Labute approximate surface area is 170 Å². The number of anilines is 1. The number of aromatic nitrogens is 2. The number of H-pyrrole nitrogens is 1. The van der Waals surface area contributed by atoms with E-state index in [1.165, 1.54) is 0 Å². The van der Waals surface area contributed by atoms with Gasteiger partial charge in [-0.15, -0.1) is 0 Å². The molecular weight excluding hydrogens is 405 g/mol. The van der Waals surface area contributed by atoms with Crippen LogP contribution in [0.15, 0.2) is 60.7 Å². The number of nitrogens with zero attached hydrogens (tertiary/aromatic N) is 1. The Bertz CT molecular complexity index is 1170. The van der Waals surface area contributed by atoms with Crippen molar-refractivity contribution in [2.75, 3.05) is 5.32 Å². The first-order chi connectivity index (χ1) is 13.0. The van der Waals surface area contributed by atoms with Gasteiger partial charge in [-0.25, -0.2) is 4.98 Å². The maximum Gasteiger partial charge on any atom is 0.255 e. The molecular formula is C20H12Cl3N3O. The van der Waals surface area contributed by atoms with E-state index >= 15 is 0 Å². The first kappa shape index (κ1) is 17.9. The highest BCUT2D eigenvalue weighted by atomic mass is 35.5. The standard InChI is InChI=1S/C20H12Cl3N3O/c21-12-2-1-3-14(9-12)24-20(27)11-4-7-17-18(8-11)26-19(25-17)15-6-5-13(22)10-16(15)23/h1-10H,(H,24,27)(H,25,26). The monoisotopic (exact) mass is 415 g/mol. The molecule has 7 heteroatoms. The highest BCUT2D eigenvalue weighted by molar-refractivity contribution is 6.36. The van der Waals surface area contributed by atoms with Gasteiger partial charge in [0.2, 0.25) is 0 Å². The highest BCUT2D eigenvalue weighted by Gasteiger charge is 2.12. The summed E-state index contributed by atoms with van der Waals surface area (Å²) >= 11 is 18.2. The second-order valence-electron chi connectivity index (χ2n) is 5.91. The van der Waals surface area contributed by atoms with Crippen molar-refractivity contribution in [3.8, 4) is 11.4 Å². The van der Waals surface area contributed by atoms with Gasteiger partial charge in [-0.2, -0.15) is 0 Å². The molecule has 0 aliphatic carbocycles. The minimum absolute atomic E-state index is 0.236. The molecule has 4 aromatic rings. The summed E-state index contributed by atoms with van der Waals surface area (Å²) < 4.78 is 0. The Morgan fingerprint density at radius 1 is 0.926 bits per heavy atom. The first-order valence-electron chi connectivity index (χ1n) is 8.02. The molecule has 0 saturated heterocycles. The number of benzene rings is 3. The second kappa shape index (κ2) is 7.24. The van der Waals surface area contributed by atoms with Gasteiger partial charge >= 0.3 is 0 Å². The molecule has 3 aromatic carbocycles. The van der Waals surface area contributed by atoms with E-state index < -0.39 is 0 Å². The average Bonchev–Trinajstić information content (AvgIpc) is 3.04. The summed E-state index contributed by atoms with van der Waals surface area (Å²) in [6.45, 7) is 0. The second-order valence-corrected chi connectivity index (χ2v) is 7.19. The third kappa shape index (κ3) is 3.78. The van der Waals surface area contributed by atoms with Crippen LogP contribution in [-0.4, -0.2) is 15.9 Å². The van der Waals surface area contributed by atoms with Gasteiger partial charge < -0.3 is 10.3 Å². The maximum absolute atomic E-state index is 12.5. The number of carbonyl (C=O) groups excluding carboxylic acids is 1. The van der Waals surface area contributed by atoms with Crippen molar-refractivity contribution in [2.45, 2.75) is 0 Å². The summed E-state index contributed by atoms with van der Waals surface area (Å²) in [7, 11) is 0. The van der Waals surface area contributed by atoms with Crippen molar-refractivity contribution in [2.24, 2.45) is 0 Å². The van der Waals surface area contributed by atoms with E-state index in [4.69, 9.17) is 34.8 Å². The lowest BCUT2D eigenvalue weighted by molar-refractivity contribution is 0.102. The smallest absolute Gasteiger partial charge is 0.255 e. The minimum atomic E-state index is -0.236. The Kier molecular flexibility index (Phi) is 4.79. The topological polar surface area (TPSA) is 57.8 Å². The van der Waals surface area contributed by atoms with Crippen LogP contribution >= 0.6 is 34.8 Å². The van der Waals surface area contributed by atoms with Crippen LogP contribution in [0, 0.1) is 0 Å². The van der Waals surface area contributed by atoms with E-state index in [1.807, 2.05) is 0 Å². The fourth-order valence-electron chi connectivity index (χ4n) is 2.73. The van der Waals surface area contributed by atoms with Crippen LogP contribution in [0.2, 0.25) is 15.1 Å². The van der Waals surface area contributed by atoms with Gasteiger partial charge in [0, 0.05) is 26.9 Å². The van der Waals surface area contributed by atoms with Crippen LogP contribution in [0.1, 0.15) is 10.4 Å². The molecule has 0 aliphatic rings. The van der Waals surface area contributed by atoms with Crippen molar-refractivity contribution in [1.29, 1.82) is 0 Å². The van der Waals surface area contributed by atoms with Crippen LogP contribution in [0.5, 0.6) is 0 Å². The number of fused-ring (bicyclic) bond motifs is 1. The molecule has 0 bridgehead atoms. The fraction of sp³-hybridized carbons (Fsp3) is 0. The van der Waals surface area contributed by atoms with Crippen LogP contribution in [0.4, 0.5) is 5.69 Å². The van der Waals surface area contributed by atoms with Gasteiger partial charge in [0.25, 0.3) is 5.91 Å². The number of carbonyl (C=O) groups is 1. The molecule has 1 heterocycles. The van der Waals surface area contributed by atoms with Crippen LogP contribution < -0.4 is 5.32 Å². The SMILES string of the molecule is O=C(Nc1cccc(Cl)c1)c1ccc2nc(-c3ccc(Cl)cc3Cl)[nH]c2c1. The predicted molar refractivity (Wildman–Crippen MR) is 111 cm³/mol. The van der Waals surface area contributed by atoms with Crippen molar-refractivity contribution in [1.82, 2.24) is 9.97 Å². The maximum atomic E-state index is 12.5. The fourth-order valence-corrected chi connectivity index (χ4v) is 3.42. The molecule has 0 saturated carbocycles.